The lowest BCUT2D eigenvalue weighted by Gasteiger charge is -2.51. The Kier molecular flexibility index (Phi) is 5.91. The Morgan fingerprint density at radius 1 is 1.21 bits per heavy atom. The minimum absolute atomic E-state index is 0.0377. The maximum absolute atomic E-state index is 12.5. The van der Waals surface area contributed by atoms with E-state index in [2.05, 4.69) is 31.5 Å². The van der Waals surface area contributed by atoms with Gasteiger partial charge in [0.05, 0.1) is 10.5 Å². The Bertz CT molecular complexity index is 1260. The van der Waals surface area contributed by atoms with Crippen LogP contribution in [0.1, 0.15) is 12.8 Å². The van der Waals surface area contributed by atoms with E-state index in [1.165, 1.54) is 24.5 Å². The van der Waals surface area contributed by atoms with Crippen molar-refractivity contribution >= 4 is 45.9 Å². The number of aromatic nitrogens is 3. The summed E-state index contributed by atoms with van der Waals surface area (Å²) in [5, 5.41) is 3.18. The molecule has 3 aromatic rings. The molecule has 8 nitrogen and oxygen atoms in total. The molecule has 3 saturated heterocycles. The van der Waals surface area contributed by atoms with Crippen LogP contribution >= 0.6 is 11.6 Å². The second-order valence-electron chi connectivity index (χ2n) is 8.14. The van der Waals surface area contributed by atoms with Gasteiger partial charge in [-0.1, -0.05) is 18.2 Å². The van der Waals surface area contributed by atoms with Gasteiger partial charge < -0.3 is 19.9 Å². The highest BCUT2D eigenvalue weighted by atomic mass is 35.5. The van der Waals surface area contributed by atoms with E-state index in [1.54, 1.807) is 6.07 Å². The van der Waals surface area contributed by atoms with Crippen LogP contribution in [-0.4, -0.2) is 57.5 Å². The van der Waals surface area contributed by atoms with Crippen molar-refractivity contribution in [1.82, 2.24) is 19.9 Å². The number of alkyl halides is 2. The zero-order chi connectivity index (χ0) is 23.8. The molecule has 1 unspecified atom stereocenters. The molecule has 176 valence electrons. The predicted octanol–water partition coefficient (Wildman–Crippen LogP) is 4.39. The number of carbonyl (C=O) groups is 1. The molecule has 3 aliphatic rings. The lowest BCUT2D eigenvalue weighted by molar-refractivity contribution is -0.131. The fourth-order valence-electron chi connectivity index (χ4n) is 4.58. The third-order valence-corrected chi connectivity index (χ3v) is 6.45. The van der Waals surface area contributed by atoms with Crippen LogP contribution in [0.3, 0.4) is 0 Å². The summed E-state index contributed by atoms with van der Waals surface area (Å²) in [6, 6.07) is 8.50. The van der Waals surface area contributed by atoms with E-state index >= 15 is 0 Å². The number of amides is 1. The molecule has 2 aromatic heterocycles. The number of nitrogens with one attached hydrogen (secondary N) is 1. The van der Waals surface area contributed by atoms with Gasteiger partial charge >= 0.3 is 6.61 Å². The third kappa shape index (κ3) is 4.21. The van der Waals surface area contributed by atoms with Gasteiger partial charge in [0.2, 0.25) is 5.91 Å². The zero-order valence-corrected chi connectivity index (χ0v) is 18.8. The van der Waals surface area contributed by atoms with Crippen LogP contribution in [0, 0.1) is 0 Å². The quantitative estimate of drug-likeness (QED) is 0.517. The summed E-state index contributed by atoms with van der Waals surface area (Å²) in [5.74, 6) is 1.09. The number of hydrogen-bond acceptors (Lipinski definition) is 7. The number of fused-ring (bicyclic) bond motifs is 4. The Morgan fingerprint density at radius 3 is 2.74 bits per heavy atom. The smallest absolute Gasteiger partial charge is 0.387 e. The van der Waals surface area contributed by atoms with Crippen molar-refractivity contribution in [1.29, 1.82) is 0 Å². The molecule has 6 rings (SSSR count). The first-order chi connectivity index (χ1) is 16.4. The topological polar surface area (TPSA) is 83.5 Å². The van der Waals surface area contributed by atoms with Gasteiger partial charge in [-0.2, -0.15) is 8.78 Å². The lowest BCUT2D eigenvalue weighted by atomic mass is 9.90. The summed E-state index contributed by atoms with van der Waals surface area (Å²) >= 11 is 6.08. The molecule has 0 saturated carbocycles. The summed E-state index contributed by atoms with van der Waals surface area (Å²) in [5.41, 5.74) is 1.74. The molecular weight excluding hydrogens is 466 g/mol. The van der Waals surface area contributed by atoms with Gasteiger partial charge in [0.25, 0.3) is 0 Å². The van der Waals surface area contributed by atoms with Crippen molar-refractivity contribution in [3.05, 3.63) is 54.3 Å². The van der Waals surface area contributed by atoms with Crippen molar-refractivity contribution in [3.8, 4) is 5.75 Å². The summed E-state index contributed by atoms with van der Waals surface area (Å²) in [7, 11) is 0. The molecule has 2 bridgehead atoms. The molecular formula is C23H21ClF2N6O2. The molecule has 0 aliphatic carbocycles. The van der Waals surface area contributed by atoms with E-state index in [-0.39, 0.29) is 28.8 Å². The molecule has 34 heavy (non-hydrogen) atoms. The zero-order valence-electron chi connectivity index (χ0n) is 18.0. The average Bonchev–Trinajstić information content (AvgIpc) is 2.85. The van der Waals surface area contributed by atoms with E-state index in [0.29, 0.717) is 35.6 Å². The second-order valence-corrected chi connectivity index (χ2v) is 8.55. The fraction of sp³-hybridized carbons (Fsp3) is 0.304. The SMILES string of the molecule is C=CC(=O)N1CC2CC[C@@H]1CN2c1ccc2ncnc(Nc3ccc(OC(F)F)c(Cl)c3)c2n1. The first-order valence-electron chi connectivity index (χ1n) is 10.8. The van der Waals surface area contributed by atoms with Gasteiger partial charge in [-0.15, -0.1) is 0 Å². The minimum atomic E-state index is -2.96. The standard InChI is InChI=1S/C23H21ClF2N6O2/c1-2-20(33)32-11-14-4-5-15(32)10-31(14)19-8-6-17-21(30-19)22(28-12-27-17)29-13-3-7-18(16(24)9-13)34-23(25)26/h2-3,6-9,12,14-15,23H,1,4-5,10-11H2,(H,27,28,29)/t14?,15-/m1/s1. The summed E-state index contributed by atoms with van der Waals surface area (Å²) < 4.78 is 29.4. The lowest BCUT2D eigenvalue weighted by Crippen LogP contribution is -2.64. The Hall–Kier alpha value is -3.53. The molecule has 3 aliphatic heterocycles. The van der Waals surface area contributed by atoms with Gasteiger partial charge in [0.1, 0.15) is 23.4 Å². The van der Waals surface area contributed by atoms with Crippen molar-refractivity contribution in [2.24, 2.45) is 0 Å². The average molecular weight is 487 g/mol. The van der Waals surface area contributed by atoms with Crippen molar-refractivity contribution in [3.63, 3.8) is 0 Å². The summed E-state index contributed by atoms with van der Waals surface area (Å²) in [4.78, 5) is 29.8. The van der Waals surface area contributed by atoms with Gasteiger partial charge in [-0.3, -0.25) is 4.79 Å². The number of hydrogen-bond donors (Lipinski definition) is 1. The Balaban J connectivity index is 1.42. The van der Waals surface area contributed by atoms with Crippen LogP contribution in [0.25, 0.3) is 11.0 Å². The van der Waals surface area contributed by atoms with Crippen LogP contribution in [0.5, 0.6) is 5.75 Å². The van der Waals surface area contributed by atoms with Gasteiger partial charge in [0.15, 0.2) is 5.82 Å². The summed E-state index contributed by atoms with van der Waals surface area (Å²) in [6.45, 7) is 1.98. The maximum Gasteiger partial charge on any atom is 0.387 e. The number of anilines is 3. The second kappa shape index (κ2) is 9.02. The van der Waals surface area contributed by atoms with Crippen molar-refractivity contribution in [2.75, 3.05) is 23.3 Å². The van der Waals surface area contributed by atoms with Crippen molar-refractivity contribution in [2.45, 2.75) is 31.5 Å². The van der Waals surface area contributed by atoms with Crippen molar-refractivity contribution < 1.29 is 18.3 Å². The first kappa shape index (κ1) is 22.3. The molecule has 1 aromatic carbocycles. The molecule has 0 radical (unpaired) electrons. The highest BCUT2D eigenvalue weighted by Gasteiger charge is 2.40. The number of halogens is 3. The number of nitrogens with zero attached hydrogens (tertiary/aromatic N) is 5. The number of piperazine rings is 1. The predicted molar refractivity (Wildman–Crippen MR) is 125 cm³/mol. The van der Waals surface area contributed by atoms with Crippen LogP contribution in [-0.2, 0) is 4.79 Å². The number of benzene rings is 1. The van der Waals surface area contributed by atoms with E-state index in [0.717, 1.165) is 18.7 Å². The molecule has 11 heteroatoms. The third-order valence-electron chi connectivity index (χ3n) is 6.16. The minimum Gasteiger partial charge on any atom is -0.433 e. The highest BCUT2D eigenvalue weighted by molar-refractivity contribution is 6.32. The molecule has 3 fully saturated rings. The van der Waals surface area contributed by atoms with Gasteiger partial charge in [-0.25, -0.2) is 15.0 Å². The number of ether oxygens (including phenoxy) is 1. The number of piperidine rings is 2. The number of carbonyl (C=O) groups excluding carboxylic acids is 1. The Labute approximate surface area is 199 Å². The van der Waals surface area contributed by atoms with Gasteiger partial charge in [-0.05, 0) is 49.2 Å². The maximum atomic E-state index is 12.5. The fourth-order valence-corrected chi connectivity index (χ4v) is 4.81. The number of rotatable bonds is 6. The Morgan fingerprint density at radius 2 is 2.03 bits per heavy atom. The molecule has 1 N–H and O–H groups in total. The highest BCUT2D eigenvalue weighted by Crippen LogP contribution is 2.34. The molecule has 5 heterocycles. The molecule has 2 atom stereocenters. The van der Waals surface area contributed by atoms with E-state index in [4.69, 9.17) is 16.6 Å². The van der Waals surface area contributed by atoms with E-state index in [1.807, 2.05) is 17.0 Å². The number of pyridine rings is 1. The van der Waals surface area contributed by atoms with Crippen LogP contribution < -0.4 is 15.0 Å². The van der Waals surface area contributed by atoms with Crippen LogP contribution in [0.15, 0.2) is 49.3 Å². The van der Waals surface area contributed by atoms with Crippen LogP contribution in [0.2, 0.25) is 5.02 Å². The monoisotopic (exact) mass is 486 g/mol. The normalized spacial score (nSPS) is 19.5. The first-order valence-corrected chi connectivity index (χ1v) is 11.1. The molecule has 1 amide bonds. The van der Waals surface area contributed by atoms with Crippen LogP contribution in [0.4, 0.5) is 26.1 Å². The molecule has 0 spiro atoms. The van der Waals surface area contributed by atoms with E-state index in [9.17, 15) is 13.6 Å². The summed E-state index contributed by atoms with van der Waals surface area (Å²) in [6.07, 6.45) is 4.72. The largest absolute Gasteiger partial charge is 0.433 e. The van der Waals surface area contributed by atoms with Gasteiger partial charge in [0, 0.05) is 30.9 Å². The van der Waals surface area contributed by atoms with E-state index < -0.39 is 6.61 Å².